The fourth-order valence-corrected chi connectivity index (χ4v) is 2.45. The van der Waals surface area contributed by atoms with E-state index in [1.54, 1.807) is 4.57 Å². The van der Waals surface area contributed by atoms with Gasteiger partial charge in [0.2, 0.25) is 5.95 Å². The van der Waals surface area contributed by atoms with Crippen molar-refractivity contribution in [3.05, 3.63) is 23.8 Å². The van der Waals surface area contributed by atoms with E-state index in [0.29, 0.717) is 18.7 Å². The Hall–Kier alpha value is -1.69. The molecule has 1 aliphatic rings. The minimum atomic E-state index is -0.688. The second-order valence-electron chi connectivity index (χ2n) is 4.47. The number of nitrogens with two attached hydrogens (primary N) is 1. The first-order valence-electron chi connectivity index (χ1n) is 5.87. The Labute approximate surface area is 102 Å². The lowest BCUT2D eigenvalue weighted by Crippen LogP contribution is -2.22. The van der Waals surface area contributed by atoms with Crippen LogP contribution in [0.25, 0.3) is 11.0 Å². The van der Waals surface area contributed by atoms with Gasteiger partial charge in [-0.3, -0.25) is 0 Å². The van der Waals surface area contributed by atoms with E-state index < -0.39 is 11.6 Å². The van der Waals surface area contributed by atoms with Gasteiger partial charge in [-0.05, 0) is 12.8 Å². The van der Waals surface area contributed by atoms with E-state index in [4.69, 9.17) is 10.5 Å². The number of hydrogen-bond acceptors (Lipinski definition) is 3. The largest absolute Gasteiger partial charge is 0.379 e. The van der Waals surface area contributed by atoms with Gasteiger partial charge in [-0.15, -0.1) is 0 Å². The van der Waals surface area contributed by atoms with Crippen molar-refractivity contribution >= 4 is 17.0 Å². The highest BCUT2D eigenvalue weighted by molar-refractivity contribution is 5.79. The van der Waals surface area contributed by atoms with Crippen molar-refractivity contribution in [1.82, 2.24) is 9.55 Å². The van der Waals surface area contributed by atoms with Crippen LogP contribution in [0.3, 0.4) is 0 Å². The molecule has 1 aromatic carbocycles. The van der Waals surface area contributed by atoms with Crippen LogP contribution in [0.4, 0.5) is 14.7 Å². The molecule has 1 atom stereocenters. The zero-order chi connectivity index (χ0) is 12.7. The summed E-state index contributed by atoms with van der Waals surface area (Å²) in [7, 11) is 0. The quantitative estimate of drug-likeness (QED) is 0.848. The number of halogens is 2. The zero-order valence-corrected chi connectivity index (χ0v) is 9.70. The van der Waals surface area contributed by atoms with Gasteiger partial charge in [-0.1, -0.05) is 0 Å². The number of nitrogens with zero attached hydrogens (tertiary/aromatic N) is 2. The third kappa shape index (κ3) is 1.73. The van der Waals surface area contributed by atoms with Crippen LogP contribution in [0.2, 0.25) is 0 Å². The molecule has 0 aliphatic carbocycles. The Morgan fingerprint density at radius 2 is 2.22 bits per heavy atom. The van der Waals surface area contributed by atoms with Gasteiger partial charge >= 0.3 is 0 Å². The van der Waals surface area contributed by atoms with E-state index >= 15 is 0 Å². The molecule has 0 radical (unpaired) electrons. The molecular weight excluding hydrogens is 240 g/mol. The number of aromatic nitrogens is 2. The first-order valence-corrected chi connectivity index (χ1v) is 5.87. The average Bonchev–Trinajstić information content (AvgIpc) is 2.67. The van der Waals surface area contributed by atoms with Gasteiger partial charge in [0.15, 0.2) is 5.82 Å². The Bertz CT molecular complexity index is 591. The van der Waals surface area contributed by atoms with Gasteiger partial charge in [0, 0.05) is 18.7 Å². The van der Waals surface area contributed by atoms with E-state index in [1.165, 1.54) is 6.07 Å². The van der Waals surface area contributed by atoms with Gasteiger partial charge in [0.25, 0.3) is 0 Å². The molecule has 0 bridgehead atoms. The minimum Gasteiger partial charge on any atom is -0.379 e. The average molecular weight is 253 g/mol. The maximum atomic E-state index is 13.6. The summed E-state index contributed by atoms with van der Waals surface area (Å²) >= 11 is 0. The molecule has 3 rings (SSSR count). The van der Waals surface area contributed by atoms with Crippen molar-refractivity contribution in [3.8, 4) is 0 Å². The molecule has 96 valence electrons. The monoisotopic (exact) mass is 253 g/mol. The summed E-state index contributed by atoms with van der Waals surface area (Å²) in [5, 5.41) is 0. The third-order valence-electron chi connectivity index (χ3n) is 3.24. The van der Waals surface area contributed by atoms with Gasteiger partial charge in [-0.25, -0.2) is 13.8 Å². The second-order valence-corrected chi connectivity index (χ2v) is 4.47. The van der Waals surface area contributed by atoms with Crippen LogP contribution in [0.1, 0.15) is 18.9 Å². The fraction of sp³-hybridized carbons (Fsp3) is 0.417. The van der Waals surface area contributed by atoms with E-state index in [-0.39, 0.29) is 17.5 Å². The highest BCUT2D eigenvalue weighted by atomic mass is 19.1. The van der Waals surface area contributed by atoms with E-state index in [9.17, 15) is 8.78 Å². The molecule has 1 fully saturated rings. The molecule has 1 aliphatic heterocycles. The van der Waals surface area contributed by atoms with Crippen molar-refractivity contribution in [1.29, 1.82) is 0 Å². The summed E-state index contributed by atoms with van der Waals surface area (Å²) in [5.41, 5.74) is 6.31. The molecule has 0 saturated carbocycles. The second kappa shape index (κ2) is 4.20. The van der Waals surface area contributed by atoms with Crippen LogP contribution in [0.5, 0.6) is 0 Å². The molecule has 1 aromatic heterocycles. The van der Waals surface area contributed by atoms with Crippen molar-refractivity contribution in [2.45, 2.75) is 18.9 Å². The highest BCUT2D eigenvalue weighted by Crippen LogP contribution is 2.29. The SMILES string of the molecule is Nc1nc2c(F)cc(F)cc2n1C1CCCOC1. The van der Waals surface area contributed by atoms with Crippen LogP contribution in [0, 0.1) is 11.6 Å². The number of nitrogen functional groups attached to an aromatic ring is 1. The number of ether oxygens (including phenoxy) is 1. The summed E-state index contributed by atoms with van der Waals surface area (Å²) in [6.45, 7) is 1.21. The van der Waals surface area contributed by atoms with E-state index in [2.05, 4.69) is 4.98 Å². The van der Waals surface area contributed by atoms with E-state index in [1.807, 2.05) is 0 Å². The number of benzene rings is 1. The zero-order valence-electron chi connectivity index (χ0n) is 9.70. The van der Waals surface area contributed by atoms with Crippen molar-refractivity contribution in [2.24, 2.45) is 0 Å². The highest BCUT2D eigenvalue weighted by Gasteiger charge is 2.22. The first-order chi connectivity index (χ1) is 8.66. The molecule has 0 amide bonds. The number of rotatable bonds is 1. The molecule has 4 nitrogen and oxygen atoms in total. The van der Waals surface area contributed by atoms with Crippen molar-refractivity contribution in [3.63, 3.8) is 0 Å². The topological polar surface area (TPSA) is 53.1 Å². The Balaban J connectivity index is 2.18. The maximum absolute atomic E-state index is 13.6. The fourth-order valence-electron chi connectivity index (χ4n) is 2.45. The van der Waals surface area contributed by atoms with Gasteiger partial charge in [0.1, 0.15) is 11.3 Å². The summed E-state index contributed by atoms with van der Waals surface area (Å²) < 4.78 is 34.0. The third-order valence-corrected chi connectivity index (χ3v) is 3.24. The van der Waals surface area contributed by atoms with Crippen LogP contribution in [0.15, 0.2) is 12.1 Å². The van der Waals surface area contributed by atoms with E-state index in [0.717, 1.165) is 18.9 Å². The summed E-state index contributed by atoms with van der Waals surface area (Å²) in [5.74, 6) is -1.12. The predicted molar refractivity (Wildman–Crippen MR) is 63.2 cm³/mol. The van der Waals surface area contributed by atoms with Gasteiger partial charge in [-0.2, -0.15) is 0 Å². The molecule has 0 spiro atoms. The molecule has 1 unspecified atom stereocenters. The Kier molecular flexibility index (Phi) is 2.66. The molecule has 2 aromatic rings. The lowest BCUT2D eigenvalue weighted by Gasteiger charge is -2.24. The normalized spacial score (nSPS) is 20.4. The maximum Gasteiger partial charge on any atom is 0.201 e. The van der Waals surface area contributed by atoms with Gasteiger partial charge < -0.3 is 15.0 Å². The Morgan fingerprint density at radius 1 is 1.39 bits per heavy atom. The number of fused-ring (bicyclic) bond motifs is 1. The first kappa shape index (κ1) is 11.4. The molecule has 2 heterocycles. The summed E-state index contributed by atoms with van der Waals surface area (Å²) in [6, 6.07) is 2.07. The van der Waals surface area contributed by atoms with Crippen LogP contribution in [-0.2, 0) is 4.74 Å². The van der Waals surface area contributed by atoms with Crippen molar-refractivity contribution < 1.29 is 13.5 Å². The molecule has 6 heteroatoms. The minimum absolute atomic E-state index is 0.00931. The molecule has 18 heavy (non-hydrogen) atoms. The Morgan fingerprint density at radius 3 is 2.94 bits per heavy atom. The number of hydrogen-bond donors (Lipinski definition) is 1. The van der Waals surface area contributed by atoms with Crippen LogP contribution in [-0.4, -0.2) is 22.8 Å². The predicted octanol–water partition coefficient (Wildman–Crippen LogP) is 2.25. The molecule has 2 N–H and O–H groups in total. The lowest BCUT2D eigenvalue weighted by atomic mass is 10.1. The molecule has 1 saturated heterocycles. The summed E-state index contributed by atoms with van der Waals surface area (Å²) in [6.07, 6.45) is 1.77. The van der Waals surface area contributed by atoms with Gasteiger partial charge in [0.05, 0.1) is 18.2 Å². The van der Waals surface area contributed by atoms with Crippen LogP contribution < -0.4 is 5.73 Å². The van der Waals surface area contributed by atoms with Crippen molar-refractivity contribution in [2.75, 3.05) is 18.9 Å². The van der Waals surface area contributed by atoms with Crippen LogP contribution >= 0.6 is 0 Å². The summed E-state index contributed by atoms with van der Waals surface area (Å²) in [4.78, 5) is 3.97. The molecular formula is C12H13F2N3O. The smallest absolute Gasteiger partial charge is 0.201 e. The lowest BCUT2D eigenvalue weighted by molar-refractivity contribution is 0.0611. The standard InChI is InChI=1S/C12H13F2N3O/c13-7-4-9(14)11-10(5-7)17(12(15)16-11)8-2-1-3-18-6-8/h4-5,8H,1-3,6H2,(H2,15,16). The number of anilines is 1. The number of imidazole rings is 1.